The minimum atomic E-state index is -0.403. The van der Waals surface area contributed by atoms with E-state index in [0.717, 1.165) is 10.8 Å². The van der Waals surface area contributed by atoms with E-state index in [4.69, 9.17) is 11.6 Å². The summed E-state index contributed by atoms with van der Waals surface area (Å²) >= 11 is 5.48. The summed E-state index contributed by atoms with van der Waals surface area (Å²) in [4.78, 5) is 11.1. The molecule has 0 heterocycles. The molecule has 1 nitrogen and oxygen atoms in total. The summed E-state index contributed by atoms with van der Waals surface area (Å²) in [6, 6.07) is 11.5. The maximum absolute atomic E-state index is 11.1. The van der Waals surface area contributed by atoms with Crippen molar-refractivity contribution in [2.45, 2.75) is 6.92 Å². The predicted octanol–water partition coefficient (Wildman–Crippen LogP) is 3.53. The van der Waals surface area contributed by atoms with Crippen LogP contribution in [0.25, 0.3) is 10.8 Å². The van der Waals surface area contributed by atoms with Gasteiger partial charge in [0.15, 0.2) is 0 Å². The van der Waals surface area contributed by atoms with Crippen molar-refractivity contribution in [2.24, 2.45) is 0 Å². The molecule has 2 aromatic rings. The summed E-state index contributed by atoms with van der Waals surface area (Å²) in [5.41, 5.74) is 1.75. The molecule has 0 aromatic heterocycles. The van der Waals surface area contributed by atoms with Crippen LogP contribution in [0, 0.1) is 6.92 Å². The third-order valence-electron chi connectivity index (χ3n) is 2.25. The van der Waals surface area contributed by atoms with Gasteiger partial charge in [-0.05, 0) is 35.4 Å². The number of hydrogen-bond donors (Lipinski definition) is 0. The van der Waals surface area contributed by atoms with Gasteiger partial charge >= 0.3 is 0 Å². The zero-order chi connectivity index (χ0) is 10.1. The van der Waals surface area contributed by atoms with E-state index in [1.165, 1.54) is 5.56 Å². The Kier molecular flexibility index (Phi) is 2.26. The summed E-state index contributed by atoms with van der Waals surface area (Å²) in [6.45, 7) is 2.02. The molecule has 2 heteroatoms. The molecule has 2 rings (SSSR count). The van der Waals surface area contributed by atoms with Gasteiger partial charge in [0.25, 0.3) is 5.24 Å². The zero-order valence-corrected chi connectivity index (χ0v) is 8.51. The topological polar surface area (TPSA) is 17.1 Å². The number of rotatable bonds is 1. The summed E-state index contributed by atoms with van der Waals surface area (Å²) in [5.74, 6) is 0. The molecule has 0 bridgehead atoms. The Morgan fingerprint density at radius 1 is 1.21 bits per heavy atom. The first kappa shape index (κ1) is 9.22. The molecule has 0 fully saturated rings. The standard InChI is InChI=1S/C12H9ClO/c1-8-5-6-10-9(7-8)3-2-4-11(10)12(13)14/h2-7H,1H3. The molecule has 0 saturated heterocycles. The molecular formula is C12H9ClO. The second kappa shape index (κ2) is 3.43. The van der Waals surface area contributed by atoms with Gasteiger partial charge in [-0.2, -0.15) is 0 Å². The number of hydrogen-bond acceptors (Lipinski definition) is 1. The fourth-order valence-corrected chi connectivity index (χ4v) is 1.74. The SMILES string of the molecule is Cc1ccc2c(C(=O)Cl)cccc2c1. The van der Waals surface area contributed by atoms with Gasteiger partial charge < -0.3 is 0 Å². The first-order valence-electron chi connectivity index (χ1n) is 4.38. The Bertz CT molecular complexity index is 503. The van der Waals surface area contributed by atoms with Gasteiger partial charge in [0, 0.05) is 5.56 Å². The van der Waals surface area contributed by atoms with E-state index in [-0.39, 0.29) is 0 Å². The van der Waals surface area contributed by atoms with E-state index in [9.17, 15) is 4.79 Å². The Morgan fingerprint density at radius 2 is 2.00 bits per heavy atom. The molecule has 0 saturated carbocycles. The number of carbonyl (C=O) groups is 1. The largest absolute Gasteiger partial charge is 0.276 e. The van der Waals surface area contributed by atoms with E-state index < -0.39 is 5.24 Å². The van der Waals surface area contributed by atoms with Crippen LogP contribution >= 0.6 is 11.6 Å². The third-order valence-corrected chi connectivity index (χ3v) is 2.45. The van der Waals surface area contributed by atoms with Crippen molar-refractivity contribution in [1.29, 1.82) is 0 Å². The number of halogens is 1. The van der Waals surface area contributed by atoms with Crippen molar-refractivity contribution in [3.05, 3.63) is 47.5 Å². The smallest absolute Gasteiger partial charge is 0.253 e. The Balaban J connectivity index is 2.81. The molecule has 0 aliphatic carbocycles. The summed E-state index contributed by atoms with van der Waals surface area (Å²) in [7, 11) is 0. The molecule has 0 spiro atoms. The lowest BCUT2D eigenvalue weighted by molar-refractivity contribution is 0.108. The molecule has 0 aliphatic heterocycles. The van der Waals surface area contributed by atoms with Crippen LogP contribution in [-0.2, 0) is 0 Å². The number of carbonyl (C=O) groups excluding carboxylic acids is 1. The molecule has 2 aromatic carbocycles. The average Bonchev–Trinajstić information content (AvgIpc) is 2.16. The highest BCUT2D eigenvalue weighted by Crippen LogP contribution is 2.21. The fraction of sp³-hybridized carbons (Fsp3) is 0.0833. The van der Waals surface area contributed by atoms with Crippen molar-refractivity contribution in [3.63, 3.8) is 0 Å². The highest BCUT2D eigenvalue weighted by molar-refractivity contribution is 6.68. The highest BCUT2D eigenvalue weighted by Gasteiger charge is 2.06. The number of benzene rings is 2. The summed E-state index contributed by atoms with van der Waals surface area (Å²) in [5, 5.41) is 1.56. The van der Waals surface area contributed by atoms with Gasteiger partial charge in [-0.15, -0.1) is 0 Å². The minimum Gasteiger partial charge on any atom is -0.276 e. The van der Waals surface area contributed by atoms with Crippen molar-refractivity contribution in [1.82, 2.24) is 0 Å². The average molecular weight is 205 g/mol. The monoisotopic (exact) mass is 204 g/mol. The van der Waals surface area contributed by atoms with Gasteiger partial charge in [0.05, 0.1) is 0 Å². The van der Waals surface area contributed by atoms with E-state index in [1.54, 1.807) is 6.07 Å². The van der Waals surface area contributed by atoms with Crippen LogP contribution in [0.4, 0.5) is 0 Å². The molecule has 0 unspecified atom stereocenters. The van der Waals surface area contributed by atoms with Crippen LogP contribution in [0.2, 0.25) is 0 Å². The predicted molar refractivity (Wildman–Crippen MR) is 58.9 cm³/mol. The maximum atomic E-state index is 11.1. The molecule has 0 aliphatic rings. The molecule has 0 radical (unpaired) electrons. The van der Waals surface area contributed by atoms with Crippen LogP contribution in [-0.4, -0.2) is 5.24 Å². The lowest BCUT2D eigenvalue weighted by Gasteiger charge is -2.02. The number of fused-ring (bicyclic) bond motifs is 1. The fourth-order valence-electron chi connectivity index (χ4n) is 1.57. The van der Waals surface area contributed by atoms with E-state index in [2.05, 4.69) is 0 Å². The van der Waals surface area contributed by atoms with Crippen LogP contribution in [0.3, 0.4) is 0 Å². The molecule has 70 valence electrons. The molecule has 14 heavy (non-hydrogen) atoms. The molecule has 0 atom stereocenters. The van der Waals surface area contributed by atoms with Crippen LogP contribution in [0.15, 0.2) is 36.4 Å². The Morgan fingerprint density at radius 3 is 2.71 bits per heavy atom. The summed E-state index contributed by atoms with van der Waals surface area (Å²) in [6.07, 6.45) is 0. The van der Waals surface area contributed by atoms with Crippen LogP contribution in [0.1, 0.15) is 15.9 Å². The third kappa shape index (κ3) is 1.51. The lowest BCUT2D eigenvalue weighted by Crippen LogP contribution is -1.90. The first-order chi connectivity index (χ1) is 6.68. The molecular weight excluding hydrogens is 196 g/mol. The minimum absolute atomic E-state index is 0.403. The zero-order valence-electron chi connectivity index (χ0n) is 7.75. The van der Waals surface area contributed by atoms with Crippen molar-refractivity contribution in [2.75, 3.05) is 0 Å². The van der Waals surface area contributed by atoms with E-state index in [0.29, 0.717) is 5.56 Å². The Hall–Kier alpha value is -1.34. The van der Waals surface area contributed by atoms with Gasteiger partial charge in [0.2, 0.25) is 0 Å². The second-order valence-corrected chi connectivity index (χ2v) is 3.65. The lowest BCUT2D eigenvalue weighted by atomic mass is 10.0. The second-order valence-electron chi connectivity index (χ2n) is 3.30. The highest BCUT2D eigenvalue weighted by atomic mass is 35.5. The quantitative estimate of drug-likeness (QED) is 0.650. The van der Waals surface area contributed by atoms with Crippen molar-refractivity contribution in [3.8, 4) is 0 Å². The summed E-state index contributed by atoms with van der Waals surface area (Å²) < 4.78 is 0. The van der Waals surface area contributed by atoms with E-state index >= 15 is 0 Å². The van der Waals surface area contributed by atoms with Crippen molar-refractivity contribution < 1.29 is 4.79 Å². The van der Waals surface area contributed by atoms with Crippen LogP contribution < -0.4 is 0 Å². The molecule has 0 N–H and O–H groups in total. The van der Waals surface area contributed by atoms with Gasteiger partial charge in [-0.3, -0.25) is 4.79 Å². The normalized spacial score (nSPS) is 10.4. The molecule has 0 amide bonds. The van der Waals surface area contributed by atoms with Gasteiger partial charge in [-0.25, -0.2) is 0 Å². The van der Waals surface area contributed by atoms with Crippen molar-refractivity contribution >= 4 is 27.6 Å². The van der Waals surface area contributed by atoms with Gasteiger partial charge in [-0.1, -0.05) is 35.9 Å². The Labute approximate surface area is 87.3 Å². The van der Waals surface area contributed by atoms with Gasteiger partial charge in [0.1, 0.15) is 0 Å². The van der Waals surface area contributed by atoms with Crippen LogP contribution in [0.5, 0.6) is 0 Å². The first-order valence-corrected chi connectivity index (χ1v) is 4.75. The maximum Gasteiger partial charge on any atom is 0.253 e. The number of aryl methyl sites for hydroxylation is 1. The van der Waals surface area contributed by atoms with E-state index in [1.807, 2.05) is 37.3 Å².